The van der Waals surface area contributed by atoms with Crippen molar-refractivity contribution in [2.75, 3.05) is 5.32 Å². The Kier molecular flexibility index (Phi) is 4.15. The maximum Gasteiger partial charge on any atom is 0.227 e. The maximum atomic E-state index is 12.4. The number of oxazole rings is 1. The molecule has 23 heavy (non-hydrogen) atoms. The van der Waals surface area contributed by atoms with E-state index in [1.165, 1.54) is 0 Å². The molecule has 1 fully saturated rings. The van der Waals surface area contributed by atoms with Crippen molar-refractivity contribution in [1.29, 1.82) is 0 Å². The highest BCUT2D eigenvalue weighted by Gasteiger charge is 2.25. The number of hydrogen-bond donors (Lipinski definition) is 2. The SMILES string of the molecule is CC(C)(C)c1nc2cc(NC(=O)C3CCCC(N)C3)ccc2o1. The first-order chi connectivity index (χ1) is 10.8. The molecule has 3 rings (SSSR count). The lowest BCUT2D eigenvalue weighted by Crippen LogP contribution is -2.34. The first kappa shape index (κ1) is 16.0. The predicted molar refractivity (Wildman–Crippen MR) is 91.3 cm³/mol. The topological polar surface area (TPSA) is 81.2 Å². The summed E-state index contributed by atoms with van der Waals surface area (Å²) in [5, 5.41) is 3.00. The largest absolute Gasteiger partial charge is 0.440 e. The number of nitrogens with zero attached hydrogens (tertiary/aromatic N) is 1. The standard InChI is InChI=1S/C18H25N3O2/c1-18(2,3)17-21-14-10-13(7-8-15(14)23-17)20-16(22)11-5-4-6-12(19)9-11/h7-8,10-12H,4-6,9,19H2,1-3H3,(H,20,22). The molecule has 2 unspecified atom stereocenters. The zero-order valence-corrected chi connectivity index (χ0v) is 14.1. The number of nitrogens with one attached hydrogen (secondary N) is 1. The molecular weight excluding hydrogens is 290 g/mol. The third kappa shape index (κ3) is 3.55. The molecule has 1 aromatic heterocycles. The van der Waals surface area contributed by atoms with E-state index in [9.17, 15) is 4.79 Å². The van der Waals surface area contributed by atoms with Crippen molar-refractivity contribution in [3.8, 4) is 0 Å². The Balaban J connectivity index is 1.76. The maximum absolute atomic E-state index is 12.4. The van der Waals surface area contributed by atoms with Gasteiger partial charge in [0.1, 0.15) is 5.52 Å². The van der Waals surface area contributed by atoms with Crippen LogP contribution in [0.5, 0.6) is 0 Å². The third-order valence-corrected chi connectivity index (χ3v) is 4.38. The lowest BCUT2D eigenvalue weighted by Gasteiger charge is -2.25. The van der Waals surface area contributed by atoms with E-state index in [1.54, 1.807) is 0 Å². The molecule has 5 nitrogen and oxygen atoms in total. The van der Waals surface area contributed by atoms with E-state index < -0.39 is 0 Å². The van der Waals surface area contributed by atoms with Crippen molar-refractivity contribution in [3.63, 3.8) is 0 Å². The van der Waals surface area contributed by atoms with E-state index in [0.29, 0.717) is 5.89 Å². The van der Waals surface area contributed by atoms with Gasteiger partial charge in [-0.3, -0.25) is 4.79 Å². The lowest BCUT2D eigenvalue weighted by atomic mass is 9.85. The average molecular weight is 315 g/mol. The Labute approximate surface area is 136 Å². The molecule has 2 atom stereocenters. The molecule has 0 bridgehead atoms. The second kappa shape index (κ2) is 5.96. The van der Waals surface area contributed by atoms with E-state index >= 15 is 0 Å². The monoisotopic (exact) mass is 315 g/mol. The minimum Gasteiger partial charge on any atom is -0.440 e. The van der Waals surface area contributed by atoms with Gasteiger partial charge in [0.25, 0.3) is 0 Å². The van der Waals surface area contributed by atoms with Gasteiger partial charge in [0.2, 0.25) is 11.8 Å². The van der Waals surface area contributed by atoms with Crippen molar-refractivity contribution in [2.24, 2.45) is 11.7 Å². The smallest absolute Gasteiger partial charge is 0.227 e. The van der Waals surface area contributed by atoms with Crippen molar-refractivity contribution in [1.82, 2.24) is 4.98 Å². The fourth-order valence-electron chi connectivity index (χ4n) is 3.04. The number of fused-ring (bicyclic) bond motifs is 1. The molecule has 3 N–H and O–H groups in total. The number of amides is 1. The highest BCUT2D eigenvalue weighted by molar-refractivity contribution is 5.94. The van der Waals surface area contributed by atoms with Gasteiger partial charge in [0, 0.05) is 23.1 Å². The van der Waals surface area contributed by atoms with Gasteiger partial charge < -0.3 is 15.5 Å². The molecule has 1 aliphatic carbocycles. The lowest BCUT2D eigenvalue weighted by molar-refractivity contribution is -0.120. The zero-order valence-electron chi connectivity index (χ0n) is 14.1. The van der Waals surface area contributed by atoms with Crippen LogP contribution < -0.4 is 11.1 Å². The molecule has 0 radical (unpaired) electrons. The van der Waals surface area contributed by atoms with Gasteiger partial charge in [0.05, 0.1) is 0 Å². The Morgan fingerprint density at radius 1 is 1.35 bits per heavy atom. The Hall–Kier alpha value is -1.88. The highest BCUT2D eigenvalue weighted by Crippen LogP contribution is 2.28. The third-order valence-electron chi connectivity index (χ3n) is 4.38. The summed E-state index contributed by atoms with van der Waals surface area (Å²) in [6.45, 7) is 6.19. The summed E-state index contributed by atoms with van der Waals surface area (Å²) in [5.41, 5.74) is 8.11. The van der Waals surface area contributed by atoms with E-state index in [1.807, 2.05) is 18.2 Å². The van der Waals surface area contributed by atoms with Crippen molar-refractivity contribution in [2.45, 2.75) is 57.9 Å². The van der Waals surface area contributed by atoms with Crippen LogP contribution in [0.4, 0.5) is 5.69 Å². The second-order valence-corrected chi connectivity index (χ2v) is 7.56. The quantitative estimate of drug-likeness (QED) is 0.887. The number of carbonyl (C=O) groups is 1. The van der Waals surface area contributed by atoms with Gasteiger partial charge in [-0.25, -0.2) is 4.98 Å². The first-order valence-corrected chi connectivity index (χ1v) is 8.30. The predicted octanol–water partition coefficient (Wildman–Crippen LogP) is 3.58. The van der Waals surface area contributed by atoms with Crippen LogP contribution in [-0.2, 0) is 10.2 Å². The second-order valence-electron chi connectivity index (χ2n) is 7.56. The van der Waals surface area contributed by atoms with E-state index in [-0.39, 0.29) is 23.3 Å². The summed E-state index contributed by atoms with van der Waals surface area (Å²) in [5.74, 6) is 0.769. The number of benzene rings is 1. The van der Waals surface area contributed by atoms with Gasteiger partial charge in [-0.15, -0.1) is 0 Å². The van der Waals surface area contributed by atoms with Crippen LogP contribution in [0, 0.1) is 5.92 Å². The van der Waals surface area contributed by atoms with Crippen molar-refractivity contribution >= 4 is 22.7 Å². The molecule has 0 aliphatic heterocycles. The zero-order chi connectivity index (χ0) is 16.6. The van der Waals surface area contributed by atoms with Crippen molar-refractivity contribution < 1.29 is 9.21 Å². The van der Waals surface area contributed by atoms with Crippen molar-refractivity contribution in [3.05, 3.63) is 24.1 Å². The van der Waals surface area contributed by atoms with Gasteiger partial charge in [-0.2, -0.15) is 0 Å². The van der Waals surface area contributed by atoms with Crippen LogP contribution in [0.15, 0.2) is 22.6 Å². The number of aromatic nitrogens is 1. The fraction of sp³-hybridized carbons (Fsp3) is 0.556. The van der Waals surface area contributed by atoms with Crippen LogP contribution in [0.25, 0.3) is 11.1 Å². The highest BCUT2D eigenvalue weighted by atomic mass is 16.3. The summed E-state index contributed by atoms with van der Waals surface area (Å²) >= 11 is 0. The number of carbonyl (C=O) groups excluding carboxylic acids is 1. The van der Waals surface area contributed by atoms with E-state index in [2.05, 4.69) is 31.1 Å². The van der Waals surface area contributed by atoms with E-state index in [4.69, 9.17) is 10.2 Å². The molecule has 1 saturated carbocycles. The van der Waals surface area contributed by atoms with Crippen LogP contribution in [-0.4, -0.2) is 16.9 Å². The van der Waals surface area contributed by atoms with Gasteiger partial charge >= 0.3 is 0 Å². The molecule has 5 heteroatoms. The Morgan fingerprint density at radius 2 is 2.13 bits per heavy atom. The van der Waals surface area contributed by atoms with Gasteiger partial charge in [-0.1, -0.05) is 27.2 Å². The molecule has 0 saturated heterocycles. The minimum absolute atomic E-state index is 0.0110. The Morgan fingerprint density at radius 3 is 2.83 bits per heavy atom. The first-order valence-electron chi connectivity index (χ1n) is 8.30. The van der Waals surface area contributed by atoms with Crippen LogP contribution in [0.1, 0.15) is 52.3 Å². The fourth-order valence-corrected chi connectivity index (χ4v) is 3.04. The minimum atomic E-state index is -0.138. The van der Waals surface area contributed by atoms with Gasteiger partial charge in [-0.05, 0) is 37.5 Å². The molecule has 1 aliphatic rings. The molecule has 124 valence electrons. The molecule has 1 aromatic carbocycles. The average Bonchev–Trinajstić information content (AvgIpc) is 2.90. The van der Waals surface area contributed by atoms with Crippen LogP contribution in [0.2, 0.25) is 0 Å². The van der Waals surface area contributed by atoms with E-state index in [0.717, 1.165) is 42.5 Å². The number of hydrogen-bond acceptors (Lipinski definition) is 4. The summed E-state index contributed by atoms with van der Waals surface area (Å²) in [6.07, 6.45) is 3.73. The summed E-state index contributed by atoms with van der Waals surface area (Å²) in [6, 6.07) is 5.74. The summed E-state index contributed by atoms with van der Waals surface area (Å²) in [7, 11) is 0. The molecular formula is C18H25N3O2. The number of rotatable bonds is 2. The molecule has 1 heterocycles. The molecule has 1 amide bonds. The van der Waals surface area contributed by atoms with Gasteiger partial charge in [0.15, 0.2) is 5.58 Å². The molecule has 0 spiro atoms. The normalized spacial score (nSPS) is 22.3. The molecule has 2 aromatic rings. The summed E-state index contributed by atoms with van der Waals surface area (Å²) in [4.78, 5) is 16.9. The van der Waals surface area contributed by atoms with Crippen LogP contribution >= 0.6 is 0 Å². The Bertz CT molecular complexity index is 715. The summed E-state index contributed by atoms with van der Waals surface area (Å²) < 4.78 is 5.78. The number of nitrogens with two attached hydrogens (primary N) is 1. The number of anilines is 1. The van der Waals surface area contributed by atoms with Crippen LogP contribution in [0.3, 0.4) is 0 Å².